The van der Waals surface area contributed by atoms with Gasteiger partial charge in [-0.05, 0) is 0 Å². The van der Waals surface area contributed by atoms with E-state index in [0.717, 1.165) is 6.54 Å². The molecule has 0 fully saturated rings. The van der Waals surface area contributed by atoms with E-state index in [-0.39, 0.29) is 24.4 Å². The second-order valence-corrected chi connectivity index (χ2v) is 2.47. The molecule has 2 heteroatoms. The van der Waals surface area contributed by atoms with Crippen LogP contribution < -0.4 is 21.5 Å². The number of rotatable bonds is 3. The second kappa shape index (κ2) is 8.72. The molecule has 0 aliphatic heterocycles. The average molecular weight is 232 g/mol. The SMILES string of the molecule is C.CCCC[n+]1ccccc1.[Br-]. The molecule has 1 nitrogen and oxygen atoms in total. The summed E-state index contributed by atoms with van der Waals surface area (Å²) in [6, 6.07) is 6.17. The molecule has 0 aliphatic carbocycles. The summed E-state index contributed by atoms with van der Waals surface area (Å²) in [7, 11) is 0. The molecular weight excluding hydrogens is 214 g/mol. The minimum absolute atomic E-state index is 0. The number of hydrogen-bond acceptors (Lipinski definition) is 0. The van der Waals surface area contributed by atoms with Gasteiger partial charge in [-0.15, -0.1) is 0 Å². The fourth-order valence-corrected chi connectivity index (χ4v) is 0.924. The Labute approximate surface area is 86.2 Å². The molecule has 1 aromatic heterocycles. The predicted octanol–water partition coefficient (Wildman–Crippen LogP) is -0.586. The first kappa shape index (κ1) is 14.2. The van der Waals surface area contributed by atoms with Gasteiger partial charge in [-0.2, -0.15) is 0 Å². The van der Waals surface area contributed by atoms with Crippen LogP contribution in [0.15, 0.2) is 30.6 Å². The molecule has 0 spiro atoms. The van der Waals surface area contributed by atoms with Crippen molar-refractivity contribution < 1.29 is 21.5 Å². The monoisotopic (exact) mass is 231 g/mol. The number of aromatic nitrogens is 1. The summed E-state index contributed by atoms with van der Waals surface area (Å²) in [5.41, 5.74) is 0. The van der Waals surface area contributed by atoms with Gasteiger partial charge in [0, 0.05) is 18.6 Å². The standard InChI is InChI=1S/C9H14N.CH4.BrH/c1-2-3-7-10-8-5-4-6-9-10;;/h4-6,8-9H,2-3,7H2,1H3;1H4;1H/q+1;;/p-1. The zero-order valence-corrected chi connectivity index (χ0v) is 8.42. The van der Waals surface area contributed by atoms with Crippen molar-refractivity contribution in [1.29, 1.82) is 0 Å². The third-order valence-corrected chi connectivity index (χ3v) is 1.55. The van der Waals surface area contributed by atoms with Crippen molar-refractivity contribution in [3.05, 3.63) is 30.6 Å². The molecule has 0 aliphatic rings. The van der Waals surface area contributed by atoms with Crippen molar-refractivity contribution >= 4 is 0 Å². The number of halogens is 1. The molecule has 1 heterocycles. The Hall–Kier alpha value is -0.370. The molecule has 1 aromatic rings. The topological polar surface area (TPSA) is 3.88 Å². The summed E-state index contributed by atoms with van der Waals surface area (Å²) in [4.78, 5) is 0. The molecule has 1 rings (SSSR count). The highest BCUT2D eigenvalue weighted by Crippen LogP contribution is 1.85. The first-order chi connectivity index (χ1) is 4.93. The number of nitrogens with zero attached hydrogens (tertiary/aromatic N) is 1. The molecule has 0 atom stereocenters. The zero-order valence-electron chi connectivity index (χ0n) is 6.83. The van der Waals surface area contributed by atoms with E-state index in [0.29, 0.717) is 0 Å². The van der Waals surface area contributed by atoms with Crippen LogP contribution in [-0.2, 0) is 6.54 Å². The Kier molecular flexibility index (Phi) is 10.3. The van der Waals surface area contributed by atoms with Crippen LogP contribution in [0.3, 0.4) is 0 Å². The van der Waals surface area contributed by atoms with Crippen molar-refractivity contribution in [2.45, 2.75) is 33.7 Å². The lowest BCUT2D eigenvalue weighted by Crippen LogP contribution is -3.00. The highest BCUT2D eigenvalue weighted by molar-refractivity contribution is 4.83. The van der Waals surface area contributed by atoms with E-state index in [1.165, 1.54) is 12.8 Å². The summed E-state index contributed by atoms with van der Waals surface area (Å²) in [5.74, 6) is 0. The van der Waals surface area contributed by atoms with Gasteiger partial charge < -0.3 is 17.0 Å². The fraction of sp³-hybridized carbons (Fsp3) is 0.500. The zero-order chi connectivity index (χ0) is 7.23. The van der Waals surface area contributed by atoms with Gasteiger partial charge in [0.1, 0.15) is 6.54 Å². The van der Waals surface area contributed by atoms with Crippen LogP contribution in [0, 0.1) is 0 Å². The van der Waals surface area contributed by atoms with Crippen LogP contribution in [0.25, 0.3) is 0 Å². The van der Waals surface area contributed by atoms with E-state index >= 15 is 0 Å². The van der Waals surface area contributed by atoms with Gasteiger partial charge in [0.2, 0.25) is 0 Å². The summed E-state index contributed by atoms with van der Waals surface area (Å²) in [6.07, 6.45) is 6.75. The summed E-state index contributed by atoms with van der Waals surface area (Å²) >= 11 is 0. The lowest BCUT2D eigenvalue weighted by molar-refractivity contribution is -0.697. The molecule has 0 bridgehead atoms. The summed E-state index contributed by atoms with van der Waals surface area (Å²) in [5, 5.41) is 0. The molecule has 0 unspecified atom stereocenters. The average Bonchev–Trinajstić information content (AvgIpc) is 2.03. The summed E-state index contributed by atoms with van der Waals surface area (Å²) in [6.45, 7) is 3.36. The fourth-order valence-electron chi connectivity index (χ4n) is 0.924. The maximum absolute atomic E-state index is 2.21. The van der Waals surface area contributed by atoms with E-state index in [4.69, 9.17) is 0 Å². The van der Waals surface area contributed by atoms with Gasteiger partial charge in [-0.1, -0.05) is 26.8 Å². The third kappa shape index (κ3) is 5.30. The number of aryl methyl sites for hydroxylation is 1. The van der Waals surface area contributed by atoms with Crippen LogP contribution in [0.2, 0.25) is 0 Å². The second-order valence-electron chi connectivity index (χ2n) is 2.47. The van der Waals surface area contributed by atoms with Crippen LogP contribution in [0.4, 0.5) is 0 Å². The van der Waals surface area contributed by atoms with E-state index in [1.54, 1.807) is 0 Å². The maximum Gasteiger partial charge on any atom is 0.168 e. The van der Waals surface area contributed by atoms with E-state index in [1.807, 2.05) is 6.07 Å². The number of pyridine rings is 1. The van der Waals surface area contributed by atoms with Gasteiger partial charge in [-0.3, -0.25) is 0 Å². The lowest BCUT2D eigenvalue weighted by atomic mass is 10.3. The van der Waals surface area contributed by atoms with Crippen LogP contribution in [0.1, 0.15) is 27.2 Å². The van der Waals surface area contributed by atoms with E-state index in [2.05, 4.69) is 36.0 Å². The molecule has 70 valence electrons. The quantitative estimate of drug-likeness (QED) is 0.614. The Bertz CT molecular complexity index is 174. The number of unbranched alkanes of at least 4 members (excludes halogenated alkanes) is 1. The van der Waals surface area contributed by atoms with Gasteiger partial charge in [0.25, 0.3) is 0 Å². The van der Waals surface area contributed by atoms with Crippen LogP contribution >= 0.6 is 0 Å². The normalized spacial score (nSPS) is 8.08. The minimum atomic E-state index is 0. The Morgan fingerprint density at radius 3 is 2.17 bits per heavy atom. The Morgan fingerprint density at radius 1 is 1.08 bits per heavy atom. The van der Waals surface area contributed by atoms with Gasteiger partial charge >= 0.3 is 0 Å². The lowest BCUT2D eigenvalue weighted by Gasteiger charge is -1.91. The molecule has 0 N–H and O–H groups in total. The van der Waals surface area contributed by atoms with E-state index < -0.39 is 0 Å². The Morgan fingerprint density at radius 2 is 1.67 bits per heavy atom. The first-order valence-corrected chi connectivity index (χ1v) is 3.87. The van der Waals surface area contributed by atoms with Gasteiger partial charge in [0.15, 0.2) is 12.4 Å². The third-order valence-electron chi connectivity index (χ3n) is 1.55. The minimum Gasteiger partial charge on any atom is -1.00 e. The molecule has 0 saturated heterocycles. The maximum atomic E-state index is 2.21. The van der Waals surface area contributed by atoms with Crippen LogP contribution in [-0.4, -0.2) is 0 Å². The van der Waals surface area contributed by atoms with Gasteiger partial charge in [-0.25, -0.2) is 4.57 Å². The predicted molar refractivity (Wildman–Crippen MR) is 48.3 cm³/mol. The van der Waals surface area contributed by atoms with Crippen molar-refractivity contribution in [3.8, 4) is 0 Å². The van der Waals surface area contributed by atoms with Crippen LogP contribution in [0.5, 0.6) is 0 Å². The van der Waals surface area contributed by atoms with Crippen molar-refractivity contribution in [3.63, 3.8) is 0 Å². The van der Waals surface area contributed by atoms with Crippen molar-refractivity contribution in [1.82, 2.24) is 0 Å². The first-order valence-electron chi connectivity index (χ1n) is 3.87. The largest absolute Gasteiger partial charge is 1.00 e. The molecular formula is C10H18BrN. The molecule has 12 heavy (non-hydrogen) atoms. The molecule has 0 saturated carbocycles. The summed E-state index contributed by atoms with van der Waals surface area (Å²) < 4.78 is 2.21. The molecule has 0 radical (unpaired) electrons. The van der Waals surface area contributed by atoms with Gasteiger partial charge in [0.05, 0.1) is 0 Å². The number of hydrogen-bond donors (Lipinski definition) is 0. The highest BCUT2D eigenvalue weighted by atomic mass is 79.9. The Balaban J connectivity index is 0. The van der Waals surface area contributed by atoms with Crippen molar-refractivity contribution in [2.24, 2.45) is 0 Å². The van der Waals surface area contributed by atoms with E-state index in [9.17, 15) is 0 Å². The highest BCUT2D eigenvalue weighted by Gasteiger charge is 1.93. The molecule has 0 amide bonds. The smallest absolute Gasteiger partial charge is 0.168 e. The molecule has 0 aromatic carbocycles. The van der Waals surface area contributed by atoms with Crippen molar-refractivity contribution in [2.75, 3.05) is 0 Å².